The van der Waals surface area contributed by atoms with Gasteiger partial charge in [0.2, 0.25) is 0 Å². The zero-order valence-corrected chi connectivity index (χ0v) is 18.5. The molecule has 0 bridgehead atoms. The van der Waals surface area contributed by atoms with Crippen molar-refractivity contribution in [3.05, 3.63) is 126 Å². The van der Waals surface area contributed by atoms with Crippen molar-refractivity contribution in [2.45, 2.75) is 6.92 Å². The van der Waals surface area contributed by atoms with E-state index in [9.17, 15) is 0 Å². The Labute approximate surface area is 185 Å². The van der Waals surface area contributed by atoms with Crippen molar-refractivity contribution in [3.63, 3.8) is 0 Å². The number of hydrogen-bond acceptors (Lipinski definition) is 2. The largest absolute Gasteiger partial charge is 0.214 e. The van der Waals surface area contributed by atoms with E-state index >= 15 is 0 Å². The molecular formula is C25H26CoNOP. The molecule has 0 aliphatic rings. The van der Waals surface area contributed by atoms with Crippen LogP contribution in [0.1, 0.15) is 6.92 Å². The van der Waals surface area contributed by atoms with E-state index in [0.29, 0.717) is 6.54 Å². The van der Waals surface area contributed by atoms with Gasteiger partial charge in [0.1, 0.15) is 15.9 Å². The summed E-state index contributed by atoms with van der Waals surface area (Å²) in [7, 11) is -0.877. The molecular weight excluding hydrogens is 420 g/mol. The average Bonchev–Trinajstić information content (AvgIpc) is 3.37. The number of nitrogens with zero attached hydrogens (tertiary/aromatic N) is 1. The molecule has 0 saturated carbocycles. The molecule has 0 saturated heterocycles. The Morgan fingerprint density at radius 3 is 1.17 bits per heavy atom. The van der Waals surface area contributed by atoms with Crippen molar-refractivity contribution in [1.29, 1.82) is 0 Å². The van der Waals surface area contributed by atoms with Gasteiger partial charge in [-0.05, 0) is 43.3 Å². The molecule has 0 aliphatic carbocycles. The zero-order valence-electron chi connectivity index (χ0n) is 16.4. The maximum absolute atomic E-state index is 8.92. The summed E-state index contributed by atoms with van der Waals surface area (Å²) in [6.07, 6.45) is 0. The fraction of sp³-hybridized carbons (Fsp3) is 0.0800. The van der Waals surface area contributed by atoms with Crippen molar-refractivity contribution in [2.24, 2.45) is 5.18 Å². The molecule has 4 rings (SSSR count). The van der Waals surface area contributed by atoms with E-state index in [1.165, 1.54) is 15.9 Å². The Morgan fingerprint density at radius 1 is 0.655 bits per heavy atom. The van der Waals surface area contributed by atoms with E-state index in [4.69, 9.17) is 4.91 Å². The summed E-state index contributed by atoms with van der Waals surface area (Å²) in [6, 6.07) is 42.5. The van der Waals surface area contributed by atoms with E-state index in [-0.39, 0.29) is 16.8 Å². The number of benzene rings is 3. The monoisotopic (exact) mass is 446 g/mol. The van der Waals surface area contributed by atoms with Gasteiger partial charge >= 0.3 is 0 Å². The number of hydrogen-bond donors (Lipinski definition) is 0. The summed E-state index contributed by atoms with van der Waals surface area (Å²) in [6.45, 7) is 2.09. The molecule has 0 amide bonds. The summed E-state index contributed by atoms with van der Waals surface area (Å²) >= 11 is 0. The predicted molar refractivity (Wildman–Crippen MR) is 125 cm³/mol. The van der Waals surface area contributed by atoms with E-state index in [2.05, 4.69) is 96.2 Å². The topological polar surface area (TPSA) is 29.4 Å². The zero-order chi connectivity index (χ0) is 19.9. The first-order chi connectivity index (χ1) is 13.9. The van der Waals surface area contributed by atoms with Crippen molar-refractivity contribution in [1.82, 2.24) is 0 Å². The fourth-order valence-corrected chi connectivity index (χ4v) is 5.21. The van der Waals surface area contributed by atoms with E-state index in [1.807, 2.05) is 30.3 Å². The average molecular weight is 446 g/mol. The predicted octanol–water partition coefficient (Wildman–Crippen LogP) is 5.35. The molecule has 29 heavy (non-hydrogen) atoms. The molecule has 0 spiro atoms. The smallest absolute Gasteiger partial charge is 0.102 e. The number of nitroso groups, excluding NO2 is 1. The van der Waals surface area contributed by atoms with Crippen LogP contribution >= 0.6 is 7.92 Å². The van der Waals surface area contributed by atoms with Gasteiger partial charge in [-0.15, -0.1) is 0 Å². The maximum Gasteiger partial charge on any atom is 0.102 e. The normalized spacial score (nSPS) is 9.17. The third-order valence-corrected chi connectivity index (χ3v) is 6.60. The van der Waals surface area contributed by atoms with Crippen molar-refractivity contribution in [3.8, 4) is 0 Å². The van der Waals surface area contributed by atoms with Crippen molar-refractivity contribution >= 4 is 23.8 Å². The second-order valence-corrected chi connectivity index (χ2v) is 8.36. The minimum atomic E-state index is -0.877. The van der Waals surface area contributed by atoms with Gasteiger partial charge in [-0.1, -0.05) is 59.8 Å². The molecule has 0 aromatic heterocycles. The van der Waals surface area contributed by atoms with Crippen LogP contribution in [0.2, 0.25) is 0 Å². The molecule has 4 aromatic rings. The van der Waals surface area contributed by atoms with E-state index in [1.54, 1.807) is 6.92 Å². The Morgan fingerprint density at radius 2 is 0.966 bits per heavy atom. The fourth-order valence-electron chi connectivity index (χ4n) is 2.64. The van der Waals surface area contributed by atoms with Gasteiger partial charge in [-0.2, -0.15) is 23.1 Å². The van der Waals surface area contributed by atoms with E-state index < -0.39 is 7.92 Å². The second-order valence-electron chi connectivity index (χ2n) is 5.88. The summed E-state index contributed by atoms with van der Waals surface area (Å²) in [5.41, 5.74) is 0. The molecule has 151 valence electrons. The maximum atomic E-state index is 8.92. The van der Waals surface area contributed by atoms with Gasteiger partial charge in [0.15, 0.2) is 0 Å². The molecule has 0 atom stereocenters. The van der Waals surface area contributed by atoms with Crippen LogP contribution in [-0.4, -0.2) is 6.54 Å². The Kier molecular flexibility index (Phi) is 13.1. The summed E-state index contributed by atoms with van der Waals surface area (Å²) in [4.78, 5) is 8.92. The molecule has 0 heterocycles. The first-order valence-electron chi connectivity index (χ1n) is 9.35. The van der Waals surface area contributed by atoms with Crippen LogP contribution in [0.4, 0.5) is 0 Å². The van der Waals surface area contributed by atoms with Crippen molar-refractivity contribution in [2.75, 3.05) is 6.54 Å². The Bertz CT molecular complexity index is 758. The second kappa shape index (κ2) is 15.5. The summed E-state index contributed by atoms with van der Waals surface area (Å²) < 4.78 is 0. The first kappa shape index (κ1) is 24.6. The molecule has 1 radical (unpaired) electrons. The van der Waals surface area contributed by atoms with Crippen LogP contribution in [0.15, 0.2) is 127 Å². The van der Waals surface area contributed by atoms with Crippen LogP contribution in [0.25, 0.3) is 0 Å². The minimum Gasteiger partial charge on any atom is -0.214 e. The quantitative estimate of drug-likeness (QED) is 0.236. The SMILES string of the molecule is CCN=O.[Co].c1cc[cH-]c1.c1ccc([PH+](c2ccccc2)c2ccccc2)cc1. The van der Waals surface area contributed by atoms with Crippen LogP contribution < -0.4 is 15.9 Å². The Hall–Kier alpha value is -2.45. The first-order valence-corrected chi connectivity index (χ1v) is 10.9. The van der Waals surface area contributed by atoms with Gasteiger partial charge in [0, 0.05) is 16.8 Å². The molecule has 0 unspecified atom stereocenters. The minimum absolute atomic E-state index is 0. The van der Waals surface area contributed by atoms with Gasteiger partial charge in [-0.25, -0.2) is 12.1 Å². The standard InChI is InChI=1S/C18H15P.C5H5.C2H5NO.Co/c1-4-10-16(11-5-1)19(17-12-6-2-7-13-17)18-14-8-3-9-15-18;1-2-4-5-3-1;1-2-3-4;/h1-15H;1-5H;2H2,1H3;/q;-1;;/p+1. The molecule has 2 nitrogen and oxygen atoms in total. The van der Waals surface area contributed by atoms with Crippen LogP contribution in [0.5, 0.6) is 0 Å². The van der Waals surface area contributed by atoms with Crippen LogP contribution in [0.3, 0.4) is 0 Å². The van der Waals surface area contributed by atoms with Gasteiger partial charge in [0.25, 0.3) is 0 Å². The molecule has 0 fully saturated rings. The van der Waals surface area contributed by atoms with Gasteiger partial charge < -0.3 is 0 Å². The van der Waals surface area contributed by atoms with Gasteiger partial charge in [-0.3, -0.25) is 0 Å². The van der Waals surface area contributed by atoms with Crippen LogP contribution in [-0.2, 0) is 16.8 Å². The van der Waals surface area contributed by atoms with Crippen molar-refractivity contribution < 1.29 is 16.8 Å². The molecule has 4 heteroatoms. The van der Waals surface area contributed by atoms with Crippen LogP contribution in [0, 0.1) is 4.91 Å². The third kappa shape index (κ3) is 9.06. The Balaban J connectivity index is 0.000000352. The van der Waals surface area contributed by atoms with E-state index in [0.717, 1.165) is 0 Å². The summed E-state index contributed by atoms with van der Waals surface area (Å²) in [5.74, 6) is 0. The molecule has 0 N–H and O–H groups in total. The number of rotatable bonds is 4. The molecule has 4 aromatic carbocycles. The third-order valence-electron chi connectivity index (χ3n) is 3.87. The van der Waals surface area contributed by atoms with Gasteiger partial charge in [0.05, 0.1) is 14.5 Å². The molecule has 0 aliphatic heterocycles. The summed E-state index contributed by atoms with van der Waals surface area (Å²) in [5, 5.41) is 6.79.